The molecule has 0 aromatic carbocycles. The zero-order chi connectivity index (χ0) is 7.56. The molecule has 1 radical (unpaired) electrons. The Hall–Kier alpha value is -0.120. The van der Waals surface area contributed by atoms with Crippen LogP contribution in [-0.4, -0.2) is 26.8 Å². The van der Waals surface area contributed by atoms with Crippen LogP contribution >= 0.6 is 0 Å². The van der Waals surface area contributed by atoms with Crippen LogP contribution in [-0.2, 0) is 14.2 Å². The minimum Gasteiger partial charge on any atom is -0.356 e. The molecule has 0 saturated carbocycles. The molecule has 3 unspecified atom stereocenters. The van der Waals surface area contributed by atoms with Crippen molar-refractivity contribution >= 4 is 0 Å². The zero-order valence-electron chi connectivity index (χ0n) is 6.37. The minimum atomic E-state index is -0.190. The van der Waals surface area contributed by atoms with Crippen LogP contribution in [0.3, 0.4) is 0 Å². The van der Waals surface area contributed by atoms with Gasteiger partial charge in [-0.25, -0.2) is 0 Å². The van der Waals surface area contributed by atoms with E-state index in [-0.39, 0.29) is 18.5 Å². The van der Waals surface area contributed by atoms with Crippen LogP contribution in [0.5, 0.6) is 0 Å². The SMILES string of the molecule is [CH2]C1CC(OC)OC1OC. The molecule has 0 aliphatic carbocycles. The smallest absolute Gasteiger partial charge is 0.163 e. The van der Waals surface area contributed by atoms with E-state index in [1.54, 1.807) is 14.2 Å². The standard InChI is InChI=1S/C7H13O3/c1-5-4-6(8-2)10-7(5)9-3/h5-7H,1,4H2,2-3H3. The van der Waals surface area contributed by atoms with Crippen LogP contribution < -0.4 is 0 Å². The molecule has 0 aromatic rings. The van der Waals surface area contributed by atoms with Crippen molar-refractivity contribution in [3.63, 3.8) is 0 Å². The van der Waals surface area contributed by atoms with E-state index in [0.717, 1.165) is 6.42 Å². The maximum Gasteiger partial charge on any atom is 0.163 e. The van der Waals surface area contributed by atoms with Crippen LogP contribution in [0.25, 0.3) is 0 Å². The minimum absolute atomic E-state index is 0.132. The topological polar surface area (TPSA) is 27.7 Å². The van der Waals surface area contributed by atoms with E-state index in [1.807, 2.05) is 0 Å². The third kappa shape index (κ3) is 1.48. The second kappa shape index (κ2) is 3.32. The van der Waals surface area contributed by atoms with Crippen molar-refractivity contribution < 1.29 is 14.2 Å². The number of hydrogen-bond acceptors (Lipinski definition) is 3. The van der Waals surface area contributed by atoms with E-state index >= 15 is 0 Å². The van der Waals surface area contributed by atoms with Crippen molar-refractivity contribution in [2.24, 2.45) is 5.92 Å². The summed E-state index contributed by atoms with van der Waals surface area (Å²) in [4.78, 5) is 0. The monoisotopic (exact) mass is 145 g/mol. The second-order valence-electron chi connectivity index (χ2n) is 2.40. The van der Waals surface area contributed by atoms with E-state index in [1.165, 1.54) is 0 Å². The highest BCUT2D eigenvalue weighted by Crippen LogP contribution is 2.25. The summed E-state index contributed by atoms with van der Waals surface area (Å²) in [6.45, 7) is 3.86. The molecule has 0 spiro atoms. The van der Waals surface area contributed by atoms with Crippen molar-refractivity contribution in [2.45, 2.75) is 19.0 Å². The predicted molar refractivity (Wildman–Crippen MR) is 36.1 cm³/mol. The fraction of sp³-hybridized carbons (Fsp3) is 0.857. The Bertz CT molecular complexity index is 105. The number of rotatable bonds is 2. The van der Waals surface area contributed by atoms with Crippen LogP contribution in [0.15, 0.2) is 0 Å². The molecule has 1 saturated heterocycles. The molecule has 0 amide bonds. The Kier molecular flexibility index (Phi) is 2.65. The Morgan fingerprint density at radius 2 is 2.10 bits per heavy atom. The van der Waals surface area contributed by atoms with Gasteiger partial charge in [0.1, 0.15) is 0 Å². The molecular formula is C7H13O3. The van der Waals surface area contributed by atoms with Gasteiger partial charge in [0.25, 0.3) is 0 Å². The van der Waals surface area contributed by atoms with Gasteiger partial charge in [0.05, 0.1) is 0 Å². The van der Waals surface area contributed by atoms with Gasteiger partial charge in [0, 0.05) is 26.6 Å². The fourth-order valence-electron chi connectivity index (χ4n) is 1.07. The van der Waals surface area contributed by atoms with Gasteiger partial charge < -0.3 is 14.2 Å². The first-order valence-electron chi connectivity index (χ1n) is 3.32. The molecule has 1 aliphatic heterocycles. The lowest BCUT2D eigenvalue weighted by Crippen LogP contribution is -2.16. The Morgan fingerprint density at radius 1 is 1.40 bits per heavy atom. The number of methoxy groups -OCH3 is 2. The normalized spacial score (nSPS) is 40.5. The molecule has 3 nitrogen and oxygen atoms in total. The maximum absolute atomic E-state index is 5.27. The van der Waals surface area contributed by atoms with E-state index in [2.05, 4.69) is 6.92 Å². The van der Waals surface area contributed by atoms with Gasteiger partial charge in [-0.2, -0.15) is 0 Å². The van der Waals surface area contributed by atoms with Gasteiger partial charge in [-0.3, -0.25) is 0 Å². The third-order valence-electron chi connectivity index (χ3n) is 1.66. The first-order chi connectivity index (χ1) is 4.77. The molecule has 0 N–H and O–H groups in total. The quantitative estimate of drug-likeness (QED) is 0.575. The average molecular weight is 145 g/mol. The second-order valence-corrected chi connectivity index (χ2v) is 2.40. The molecule has 1 fully saturated rings. The maximum atomic E-state index is 5.27. The van der Waals surface area contributed by atoms with Gasteiger partial charge in [-0.05, 0) is 6.92 Å². The number of hydrogen-bond donors (Lipinski definition) is 0. The lowest BCUT2D eigenvalue weighted by atomic mass is 10.1. The van der Waals surface area contributed by atoms with E-state index in [4.69, 9.17) is 14.2 Å². The molecule has 59 valence electrons. The molecule has 0 bridgehead atoms. The van der Waals surface area contributed by atoms with Crippen LogP contribution in [0.4, 0.5) is 0 Å². The van der Waals surface area contributed by atoms with E-state index < -0.39 is 0 Å². The molecular weight excluding hydrogens is 132 g/mol. The molecule has 3 heteroatoms. The van der Waals surface area contributed by atoms with Crippen LogP contribution in [0.2, 0.25) is 0 Å². The summed E-state index contributed by atoms with van der Waals surface area (Å²) in [7, 11) is 3.23. The Balaban J connectivity index is 2.36. The largest absolute Gasteiger partial charge is 0.356 e. The molecule has 1 aliphatic rings. The highest BCUT2D eigenvalue weighted by molar-refractivity contribution is 4.73. The lowest BCUT2D eigenvalue weighted by Gasteiger charge is -2.11. The summed E-state index contributed by atoms with van der Waals surface area (Å²) in [6, 6.07) is 0. The highest BCUT2D eigenvalue weighted by atomic mass is 16.8. The van der Waals surface area contributed by atoms with Crippen molar-refractivity contribution in [1.82, 2.24) is 0 Å². The lowest BCUT2D eigenvalue weighted by molar-refractivity contribution is -0.190. The van der Waals surface area contributed by atoms with Crippen LogP contribution in [0, 0.1) is 12.8 Å². The van der Waals surface area contributed by atoms with Crippen molar-refractivity contribution in [3.05, 3.63) is 6.92 Å². The molecule has 1 heterocycles. The van der Waals surface area contributed by atoms with Crippen molar-refractivity contribution in [3.8, 4) is 0 Å². The summed E-state index contributed by atoms with van der Waals surface area (Å²) in [5.41, 5.74) is 0. The van der Waals surface area contributed by atoms with Crippen LogP contribution in [0.1, 0.15) is 6.42 Å². The third-order valence-corrected chi connectivity index (χ3v) is 1.66. The summed E-state index contributed by atoms with van der Waals surface area (Å²) < 4.78 is 15.2. The summed E-state index contributed by atoms with van der Waals surface area (Å²) in [5.74, 6) is 0.190. The highest BCUT2D eigenvalue weighted by Gasteiger charge is 2.31. The summed E-state index contributed by atoms with van der Waals surface area (Å²) >= 11 is 0. The molecule has 0 aromatic heterocycles. The Labute approximate surface area is 61.3 Å². The predicted octanol–water partition coefficient (Wildman–Crippen LogP) is 0.802. The first-order valence-corrected chi connectivity index (χ1v) is 3.32. The molecule has 10 heavy (non-hydrogen) atoms. The first kappa shape index (κ1) is 7.98. The van der Waals surface area contributed by atoms with E-state index in [0.29, 0.717) is 0 Å². The van der Waals surface area contributed by atoms with Gasteiger partial charge in [0.2, 0.25) is 0 Å². The van der Waals surface area contributed by atoms with Crippen molar-refractivity contribution in [1.29, 1.82) is 0 Å². The summed E-state index contributed by atoms with van der Waals surface area (Å²) in [6.07, 6.45) is 0.493. The number of ether oxygens (including phenoxy) is 3. The average Bonchev–Trinajstić information content (AvgIpc) is 2.30. The molecule has 1 rings (SSSR count). The van der Waals surface area contributed by atoms with Gasteiger partial charge in [-0.1, -0.05) is 0 Å². The summed E-state index contributed by atoms with van der Waals surface area (Å²) in [5, 5.41) is 0. The van der Waals surface area contributed by atoms with Gasteiger partial charge in [0.15, 0.2) is 12.6 Å². The van der Waals surface area contributed by atoms with Gasteiger partial charge >= 0.3 is 0 Å². The Morgan fingerprint density at radius 3 is 2.40 bits per heavy atom. The van der Waals surface area contributed by atoms with E-state index in [9.17, 15) is 0 Å². The molecule has 3 atom stereocenters. The fourth-order valence-corrected chi connectivity index (χ4v) is 1.07. The van der Waals surface area contributed by atoms with Gasteiger partial charge in [-0.15, -0.1) is 0 Å². The zero-order valence-corrected chi connectivity index (χ0v) is 6.37. The van der Waals surface area contributed by atoms with Crippen molar-refractivity contribution in [2.75, 3.05) is 14.2 Å².